The Hall–Kier alpha value is -0.960. The first kappa shape index (κ1) is 22.8. The number of halogens is 1. The van der Waals surface area contributed by atoms with Crippen LogP contribution in [-0.2, 0) is 23.4 Å². The second-order valence-electron chi connectivity index (χ2n) is 10.8. The maximum Gasteiger partial charge on any atom is 0.470 e. The van der Waals surface area contributed by atoms with E-state index >= 15 is 4.39 Å². The Bertz CT molecular complexity index is 977. The molecule has 0 aromatic heterocycles. The Kier molecular flexibility index (Phi) is 4.69. The first-order valence-electron chi connectivity index (χ1n) is 11.2. The molecule has 8 nitrogen and oxygen atoms in total. The highest BCUT2D eigenvalue weighted by Crippen LogP contribution is 2.74. The fourth-order valence-electron chi connectivity index (χ4n) is 8.29. The molecule has 5 aliphatic rings. The molecule has 32 heavy (non-hydrogen) atoms. The van der Waals surface area contributed by atoms with Crippen molar-refractivity contribution in [1.82, 2.24) is 0 Å². The van der Waals surface area contributed by atoms with Gasteiger partial charge in [0, 0.05) is 17.8 Å². The molecule has 3 N–H and O–H groups in total. The van der Waals surface area contributed by atoms with E-state index in [1.165, 1.54) is 0 Å². The molecule has 4 fully saturated rings. The highest BCUT2D eigenvalue weighted by atomic mass is 31.2. The van der Waals surface area contributed by atoms with Gasteiger partial charge in [-0.1, -0.05) is 25.5 Å². The van der Waals surface area contributed by atoms with Crippen molar-refractivity contribution in [3.8, 4) is 0 Å². The van der Waals surface area contributed by atoms with Crippen molar-refractivity contribution in [2.45, 2.75) is 76.4 Å². The zero-order chi connectivity index (χ0) is 23.5. The Morgan fingerprint density at radius 3 is 2.69 bits per heavy atom. The maximum atomic E-state index is 17.2. The lowest BCUT2D eigenvalue weighted by Gasteiger charge is -2.60. The Morgan fingerprint density at radius 1 is 1.34 bits per heavy atom. The van der Waals surface area contributed by atoms with Crippen molar-refractivity contribution in [2.24, 2.45) is 28.6 Å². The van der Waals surface area contributed by atoms with Crippen LogP contribution in [0.3, 0.4) is 0 Å². The fourth-order valence-corrected chi connectivity index (χ4v) is 8.58. The van der Waals surface area contributed by atoms with E-state index in [9.17, 15) is 19.3 Å². The monoisotopic (exact) mass is 472 g/mol. The van der Waals surface area contributed by atoms with Crippen molar-refractivity contribution in [1.29, 1.82) is 0 Å². The molecule has 1 heterocycles. The predicted molar refractivity (Wildman–Crippen MR) is 109 cm³/mol. The number of aliphatic hydroxyl groups is 1. The Labute approximate surface area is 185 Å². The molecule has 0 unspecified atom stereocenters. The summed E-state index contributed by atoms with van der Waals surface area (Å²) in [5.41, 5.74) is -4.93. The van der Waals surface area contributed by atoms with Gasteiger partial charge >= 0.3 is 7.82 Å². The number of rotatable bonds is 4. The van der Waals surface area contributed by atoms with Crippen LogP contribution in [0.4, 0.5) is 4.39 Å². The van der Waals surface area contributed by atoms with E-state index < -0.39 is 66.4 Å². The zero-order valence-electron chi connectivity index (χ0n) is 18.4. The summed E-state index contributed by atoms with van der Waals surface area (Å²) in [5, 5.41) is 11.7. The van der Waals surface area contributed by atoms with E-state index in [1.54, 1.807) is 20.8 Å². The topological polar surface area (TPSA) is 130 Å². The normalized spacial score (nSPS) is 51.8. The first-order valence-corrected chi connectivity index (χ1v) is 12.8. The number of fused-ring (bicyclic) bond motifs is 2. The van der Waals surface area contributed by atoms with Gasteiger partial charge in [-0.15, -0.1) is 0 Å². The second-order valence-corrected chi connectivity index (χ2v) is 12.1. The van der Waals surface area contributed by atoms with Gasteiger partial charge in [0.15, 0.2) is 17.2 Å². The third-order valence-corrected chi connectivity index (χ3v) is 10.2. The largest absolute Gasteiger partial charge is 0.470 e. The van der Waals surface area contributed by atoms with Crippen molar-refractivity contribution in [2.75, 3.05) is 6.61 Å². The van der Waals surface area contributed by atoms with Crippen LogP contribution < -0.4 is 0 Å². The summed E-state index contributed by atoms with van der Waals surface area (Å²) in [6.07, 6.45) is 1.86. The van der Waals surface area contributed by atoms with E-state index in [-0.39, 0.29) is 24.5 Å². The van der Waals surface area contributed by atoms with Crippen LogP contribution in [0.1, 0.15) is 52.9 Å². The van der Waals surface area contributed by atoms with Crippen LogP contribution in [0, 0.1) is 28.6 Å². The summed E-state index contributed by atoms with van der Waals surface area (Å²) in [6, 6.07) is 0. The van der Waals surface area contributed by atoms with Crippen LogP contribution in [0.25, 0.3) is 0 Å². The zero-order valence-corrected chi connectivity index (χ0v) is 19.3. The fraction of sp³-hybridized carbons (Fsp3) is 0.818. The van der Waals surface area contributed by atoms with Gasteiger partial charge in [-0.2, -0.15) is 0 Å². The number of hydrogen-bond acceptors (Lipinski definition) is 6. The first-order chi connectivity index (χ1) is 14.7. The molecule has 5 rings (SSSR count). The number of allylic oxidation sites excluding steroid dienone is 1. The van der Waals surface area contributed by atoms with Gasteiger partial charge in [-0.05, 0) is 44.4 Å². The molecule has 9 atom stereocenters. The lowest BCUT2D eigenvalue weighted by Crippen LogP contribution is -2.68. The minimum atomic E-state index is -4.90. The molecule has 1 saturated heterocycles. The molecule has 178 valence electrons. The number of Topliss-reactive ketones (excluding diaryl/α,β-unsaturated/α-hetero) is 2. The van der Waals surface area contributed by atoms with Crippen LogP contribution in [0.2, 0.25) is 0 Å². The highest BCUT2D eigenvalue weighted by Gasteiger charge is 2.80. The van der Waals surface area contributed by atoms with Crippen molar-refractivity contribution < 1.29 is 42.7 Å². The average Bonchev–Trinajstić information content (AvgIpc) is 3.05. The lowest BCUT2D eigenvalue weighted by molar-refractivity contribution is -0.196. The van der Waals surface area contributed by atoms with Gasteiger partial charge in [0.05, 0.1) is 11.5 Å². The van der Waals surface area contributed by atoms with E-state index in [0.717, 1.165) is 5.57 Å². The number of ether oxygens (including phenoxy) is 1. The molecule has 4 aliphatic carbocycles. The lowest BCUT2D eigenvalue weighted by atomic mass is 9.44. The number of alkyl halides is 1. The summed E-state index contributed by atoms with van der Waals surface area (Å²) in [6.45, 7) is 4.31. The van der Waals surface area contributed by atoms with Crippen molar-refractivity contribution in [3.05, 3.63) is 11.6 Å². The molecule has 0 amide bonds. The van der Waals surface area contributed by atoms with Crippen molar-refractivity contribution in [3.63, 3.8) is 0 Å². The number of ketones is 2. The Balaban J connectivity index is 1.57. The van der Waals surface area contributed by atoms with E-state index in [1.807, 2.05) is 6.08 Å². The predicted octanol–water partition coefficient (Wildman–Crippen LogP) is 2.25. The summed E-state index contributed by atoms with van der Waals surface area (Å²) < 4.78 is 38.9. The molecule has 1 aliphatic heterocycles. The number of phosphoric acid groups is 1. The van der Waals surface area contributed by atoms with Crippen LogP contribution >= 0.6 is 7.82 Å². The third-order valence-electron chi connectivity index (χ3n) is 9.76. The molecular formula is C22H30FO8P. The molecule has 0 bridgehead atoms. The number of phosphoric ester groups is 1. The number of carbonyl (C=O) groups excluding carboxylic acids is 2. The van der Waals surface area contributed by atoms with E-state index in [0.29, 0.717) is 19.3 Å². The van der Waals surface area contributed by atoms with Gasteiger partial charge < -0.3 is 19.6 Å². The third kappa shape index (κ3) is 2.48. The van der Waals surface area contributed by atoms with Gasteiger partial charge in [0.25, 0.3) is 0 Å². The summed E-state index contributed by atoms with van der Waals surface area (Å²) >= 11 is 0. The molecule has 0 radical (unpaired) electrons. The number of carbonyl (C=O) groups is 2. The van der Waals surface area contributed by atoms with Crippen LogP contribution in [0.5, 0.6) is 0 Å². The second kappa shape index (κ2) is 6.58. The minimum absolute atomic E-state index is 0.0415. The SMILES string of the molecule is C[C@H]1C[C@H]2[C@@H]3CCC4=CCC(=O)[C@H]5O[C@@H](C[C@]2(C)[C@@]1(O)C(=O)COP(=O)(O)O)[C@]3(F)[C@]45C. The standard InChI is InChI=1S/C22H30FO8P/c1-11-8-14-13-6-4-12-5-7-15(24)18-20(12,3)21(13,23)17(31-18)9-19(14,2)22(11,26)16(25)10-30-32(27,28)29/h5,11,13-14,17-18,26H,4,6-10H2,1-3H3,(H2,27,28,29)/t11-,13-,14-,17-,18+,19-,20+,21-,22-/m0/s1. The molecule has 10 heteroatoms. The van der Waals surface area contributed by atoms with Gasteiger partial charge in [-0.25, -0.2) is 8.96 Å². The van der Waals surface area contributed by atoms with Gasteiger partial charge in [0.2, 0.25) is 0 Å². The average molecular weight is 472 g/mol. The molecule has 0 spiro atoms. The maximum absolute atomic E-state index is 17.2. The molecule has 3 saturated carbocycles. The van der Waals surface area contributed by atoms with Gasteiger partial charge in [0.1, 0.15) is 18.3 Å². The summed E-state index contributed by atoms with van der Waals surface area (Å²) in [4.78, 5) is 43.9. The Morgan fingerprint density at radius 2 is 2.03 bits per heavy atom. The minimum Gasteiger partial charge on any atom is -0.381 e. The van der Waals surface area contributed by atoms with Crippen LogP contribution in [-0.4, -0.2) is 56.5 Å². The van der Waals surface area contributed by atoms with Crippen LogP contribution in [0.15, 0.2) is 11.6 Å². The van der Waals surface area contributed by atoms with E-state index in [4.69, 9.17) is 14.5 Å². The smallest absolute Gasteiger partial charge is 0.381 e. The summed E-state index contributed by atoms with van der Waals surface area (Å²) in [7, 11) is -4.90. The quantitative estimate of drug-likeness (QED) is 0.420. The van der Waals surface area contributed by atoms with Gasteiger partial charge in [-0.3, -0.25) is 14.1 Å². The molecule has 0 aromatic rings. The molecular weight excluding hydrogens is 442 g/mol. The summed E-state index contributed by atoms with van der Waals surface area (Å²) in [5.74, 6) is -2.37. The molecule has 0 aromatic carbocycles. The van der Waals surface area contributed by atoms with Crippen molar-refractivity contribution >= 4 is 19.4 Å². The van der Waals surface area contributed by atoms with E-state index in [2.05, 4.69) is 4.52 Å². The highest BCUT2D eigenvalue weighted by molar-refractivity contribution is 7.46. The number of hydrogen-bond donors (Lipinski definition) is 3.